The van der Waals surface area contributed by atoms with E-state index in [0.29, 0.717) is 24.0 Å². The van der Waals surface area contributed by atoms with E-state index in [1.807, 2.05) is 41.1 Å². The predicted molar refractivity (Wildman–Crippen MR) is 113 cm³/mol. The van der Waals surface area contributed by atoms with Gasteiger partial charge in [-0.1, -0.05) is 23.4 Å². The highest BCUT2D eigenvalue weighted by Crippen LogP contribution is 2.21. The molecule has 2 saturated heterocycles. The topological polar surface area (TPSA) is 61.9 Å². The SMILES string of the molecule is CN[C@@H]1CN(C(=O)N2CCC(C#Cc3ccc(Cl)cc3)CC2)CC[C@@H]1OCC=O. The number of ether oxygens (including phenoxy) is 1. The van der Waals surface area contributed by atoms with Gasteiger partial charge in [-0.25, -0.2) is 4.79 Å². The van der Waals surface area contributed by atoms with Crippen LogP contribution in [0, 0.1) is 17.8 Å². The quantitative estimate of drug-likeness (QED) is 0.603. The van der Waals surface area contributed by atoms with Gasteiger partial charge in [-0.05, 0) is 50.6 Å². The van der Waals surface area contributed by atoms with Crippen LogP contribution in [0.2, 0.25) is 5.02 Å². The van der Waals surface area contributed by atoms with Crippen LogP contribution in [0.4, 0.5) is 4.79 Å². The van der Waals surface area contributed by atoms with E-state index in [2.05, 4.69) is 17.2 Å². The van der Waals surface area contributed by atoms with E-state index in [4.69, 9.17) is 16.3 Å². The smallest absolute Gasteiger partial charge is 0.320 e. The van der Waals surface area contributed by atoms with Crippen LogP contribution in [0.3, 0.4) is 0 Å². The van der Waals surface area contributed by atoms with E-state index in [9.17, 15) is 9.59 Å². The molecule has 3 rings (SSSR count). The van der Waals surface area contributed by atoms with Crippen LogP contribution in [-0.4, -0.2) is 74.1 Å². The molecule has 0 bridgehead atoms. The summed E-state index contributed by atoms with van der Waals surface area (Å²) in [6.45, 7) is 2.79. The second kappa shape index (κ2) is 10.6. The molecule has 0 saturated carbocycles. The number of likely N-dealkylation sites (N-methyl/N-ethyl adjacent to an activating group) is 1. The van der Waals surface area contributed by atoms with Gasteiger partial charge in [0.2, 0.25) is 0 Å². The van der Waals surface area contributed by atoms with Crippen molar-refractivity contribution in [1.82, 2.24) is 15.1 Å². The van der Waals surface area contributed by atoms with E-state index < -0.39 is 0 Å². The zero-order valence-corrected chi connectivity index (χ0v) is 17.5. The number of urea groups is 1. The van der Waals surface area contributed by atoms with Gasteiger partial charge in [-0.2, -0.15) is 0 Å². The van der Waals surface area contributed by atoms with Crippen molar-refractivity contribution < 1.29 is 14.3 Å². The average molecular weight is 418 g/mol. The molecule has 2 amide bonds. The number of rotatable bonds is 4. The Labute approximate surface area is 177 Å². The van der Waals surface area contributed by atoms with Gasteiger partial charge >= 0.3 is 6.03 Å². The number of nitrogens with one attached hydrogen (secondary N) is 1. The van der Waals surface area contributed by atoms with Gasteiger partial charge in [0.25, 0.3) is 0 Å². The first kappa shape index (κ1) is 21.6. The summed E-state index contributed by atoms with van der Waals surface area (Å²) in [6.07, 6.45) is 3.24. The number of carbonyl (C=O) groups is 2. The summed E-state index contributed by atoms with van der Waals surface area (Å²) < 4.78 is 5.59. The molecule has 2 aliphatic rings. The minimum Gasteiger partial charge on any atom is -0.369 e. The number of likely N-dealkylation sites (tertiary alicyclic amines) is 2. The number of hydrogen-bond acceptors (Lipinski definition) is 4. The Morgan fingerprint density at radius 2 is 1.90 bits per heavy atom. The summed E-state index contributed by atoms with van der Waals surface area (Å²) in [4.78, 5) is 27.3. The highest BCUT2D eigenvalue weighted by Gasteiger charge is 2.34. The third-order valence-electron chi connectivity index (χ3n) is 5.60. The normalized spacial score (nSPS) is 22.7. The van der Waals surface area contributed by atoms with Gasteiger partial charge in [0, 0.05) is 42.7 Å². The van der Waals surface area contributed by atoms with Gasteiger partial charge in [-0.15, -0.1) is 0 Å². The number of nitrogens with zero attached hydrogens (tertiary/aromatic N) is 2. The summed E-state index contributed by atoms with van der Waals surface area (Å²) in [5.74, 6) is 6.86. The molecule has 2 aliphatic heterocycles. The van der Waals surface area contributed by atoms with Crippen LogP contribution in [0.25, 0.3) is 0 Å². The molecule has 0 spiro atoms. The van der Waals surface area contributed by atoms with Crippen molar-refractivity contribution in [3.63, 3.8) is 0 Å². The van der Waals surface area contributed by atoms with Gasteiger partial charge in [0.05, 0.1) is 12.1 Å². The van der Waals surface area contributed by atoms with Crippen LogP contribution in [0.1, 0.15) is 24.8 Å². The molecule has 1 N–H and O–H groups in total. The predicted octanol–water partition coefficient (Wildman–Crippen LogP) is 2.40. The van der Waals surface area contributed by atoms with Crippen LogP contribution < -0.4 is 5.32 Å². The Morgan fingerprint density at radius 1 is 1.21 bits per heavy atom. The van der Waals surface area contributed by atoms with Gasteiger partial charge in [-0.3, -0.25) is 0 Å². The minimum absolute atomic E-state index is 0.0374. The fourth-order valence-electron chi connectivity index (χ4n) is 3.88. The molecular weight excluding hydrogens is 390 g/mol. The Hall–Kier alpha value is -2.07. The summed E-state index contributed by atoms with van der Waals surface area (Å²) in [7, 11) is 1.86. The zero-order chi connectivity index (χ0) is 20.6. The molecule has 29 heavy (non-hydrogen) atoms. The Balaban J connectivity index is 1.48. The third kappa shape index (κ3) is 5.96. The van der Waals surface area contributed by atoms with E-state index in [1.54, 1.807) is 0 Å². The lowest BCUT2D eigenvalue weighted by atomic mass is 9.97. The van der Waals surface area contributed by atoms with Crippen molar-refractivity contribution >= 4 is 23.9 Å². The van der Waals surface area contributed by atoms with Crippen LogP contribution in [0.5, 0.6) is 0 Å². The molecule has 0 unspecified atom stereocenters. The number of carbonyl (C=O) groups excluding carboxylic acids is 2. The molecule has 7 heteroatoms. The van der Waals surface area contributed by atoms with E-state index in [1.165, 1.54) is 0 Å². The van der Waals surface area contributed by atoms with E-state index in [0.717, 1.165) is 44.2 Å². The van der Waals surface area contributed by atoms with Crippen molar-refractivity contribution in [3.8, 4) is 11.8 Å². The lowest BCUT2D eigenvalue weighted by Crippen LogP contribution is -2.58. The summed E-state index contributed by atoms with van der Waals surface area (Å²) in [5, 5.41) is 3.92. The second-order valence-electron chi connectivity index (χ2n) is 7.49. The minimum atomic E-state index is -0.0388. The fourth-order valence-corrected chi connectivity index (χ4v) is 4.00. The number of halogens is 1. The molecule has 1 aromatic carbocycles. The van der Waals surface area contributed by atoms with Crippen molar-refractivity contribution in [3.05, 3.63) is 34.9 Å². The van der Waals surface area contributed by atoms with Crippen LogP contribution >= 0.6 is 11.6 Å². The zero-order valence-electron chi connectivity index (χ0n) is 16.8. The Kier molecular flexibility index (Phi) is 7.93. The first-order valence-corrected chi connectivity index (χ1v) is 10.5. The molecule has 2 heterocycles. The number of benzene rings is 1. The molecule has 6 nitrogen and oxygen atoms in total. The number of aldehydes is 1. The highest BCUT2D eigenvalue weighted by atomic mass is 35.5. The molecule has 0 aliphatic carbocycles. The molecule has 156 valence electrons. The molecular formula is C22H28ClN3O3. The summed E-state index contributed by atoms with van der Waals surface area (Å²) in [6, 6.07) is 7.67. The largest absolute Gasteiger partial charge is 0.369 e. The van der Waals surface area contributed by atoms with Crippen molar-refractivity contribution in [1.29, 1.82) is 0 Å². The van der Waals surface area contributed by atoms with Crippen molar-refractivity contribution in [2.45, 2.75) is 31.4 Å². The molecule has 0 aromatic heterocycles. The highest BCUT2D eigenvalue weighted by molar-refractivity contribution is 6.30. The second-order valence-corrected chi connectivity index (χ2v) is 7.92. The Morgan fingerprint density at radius 3 is 2.55 bits per heavy atom. The maximum Gasteiger partial charge on any atom is 0.320 e. The van der Waals surface area contributed by atoms with Gasteiger partial charge in [0.15, 0.2) is 0 Å². The van der Waals surface area contributed by atoms with Crippen molar-refractivity contribution in [2.24, 2.45) is 5.92 Å². The molecule has 0 radical (unpaired) electrons. The lowest BCUT2D eigenvalue weighted by Gasteiger charge is -2.41. The van der Waals surface area contributed by atoms with E-state index in [-0.39, 0.29) is 24.8 Å². The Bertz CT molecular complexity index is 751. The first-order chi connectivity index (χ1) is 14.1. The first-order valence-electron chi connectivity index (χ1n) is 10.1. The third-order valence-corrected chi connectivity index (χ3v) is 5.85. The molecule has 2 fully saturated rings. The summed E-state index contributed by atoms with van der Waals surface area (Å²) >= 11 is 5.90. The van der Waals surface area contributed by atoms with Gasteiger partial charge in [0.1, 0.15) is 12.9 Å². The standard InChI is InChI=1S/C22H28ClN3O3/c1-24-20-16-26(13-10-21(20)29-15-14-27)22(28)25-11-8-18(9-12-25)3-2-17-4-6-19(23)7-5-17/h4-7,14,18,20-21,24H,8-13,15-16H2,1H3/t20-,21+/m1/s1. The number of piperidine rings is 2. The summed E-state index contributed by atoms with van der Waals surface area (Å²) in [5.41, 5.74) is 0.964. The molecule has 1 aromatic rings. The lowest BCUT2D eigenvalue weighted by molar-refractivity contribution is -0.115. The van der Waals surface area contributed by atoms with E-state index >= 15 is 0 Å². The average Bonchev–Trinajstić information content (AvgIpc) is 2.77. The maximum atomic E-state index is 12.9. The molecule has 2 atom stereocenters. The monoisotopic (exact) mass is 417 g/mol. The van der Waals surface area contributed by atoms with Gasteiger partial charge < -0.3 is 24.6 Å². The number of hydrogen-bond donors (Lipinski definition) is 1. The van der Waals surface area contributed by atoms with Crippen LogP contribution in [-0.2, 0) is 9.53 Å². The van der Waals surface area contributed by atoms with Crippen LogP contribution in [0.15, 0.2) is 24.3 Å². The van der Waals surface area contributed by atoms with Crippen molar-refractivity contribution in [2.75, 3.05) is 39.8 Å². The maximum absolute atomic E-state index is 12.9. The number of amides is 2. The fraction of sp³-hybridized carbons (Fsp3) is 0.545.